The Morgan fingerprint density at radius 3 is 2.85 bits per heavy atom. The second-order valence-electron chi connectivity index (χ2n) is 6.81. The topological polar surface area (TPSA) is 62.3 Å². The molecule has 134 valence electrons. The van der Waals surface area contributed by atoms with Crippen molar-refractivity contribution in [1.29, 1.82) is 0 Å². The van der Waals surface area contributed by atoms with E-state index in [9.17, 15) is 9.59 Å². The Morgan fingerprint density at radius 2 is 2.04 bits per heavy atom. The molecule has 1 aliphatic carbocycles. The Morgan fingerprint density at radius 1 is 1.23 bits per heavy atom. The highest BCUT2D eigenvalue weighted by Gasteiger charge is 2.26. The molecule has 1 fully saturated rings. The molecule has 2 aliphatic rings. The van der Waals surface area contributed by atoms with Crippen LogP contribution in [0.1, 0.15) is 52.8 Å². The summed E-state index contributed by atoms with van der Waals surface area (Å²) in [5.41, 5.74) is 2.01. The van der Waals surface area contributed by atoms with Crippen LogP contribution in [0.2, 0.25) is 0 Å². The van der Waals surface area contributed by atoms with Crippen molar-refractivity contribution in [2.75, 3.05) is 11.9 Å². The smallest absolute Gasteiger partial charge is 0.260 e. The Bertz CT molecular complexity index is 862. The average molecular weight is 367 g/mol. The first-order valence-corrected chi connectivity index (χ1v) is 9.81. The van der Waals surface area contributed by atoms with E-state index in [4.69, 9.17) is 0 Å². The van der Waals surface area contributed by atoms with Gasteiger partial charge >= 0.3 is 0 Å². The third kappa shape index (κ3) is 3.21. The van der Waals surface area contributed by atoms with Crippen molar-refractivity contribution >= 4 is 29.3 Å². The number of fused-ring (bicyclic) bond motifs is 2. The lowest BCUT2D eigenvalue weighted by molar-refractivity contribution is 0.0927. The highest BCUT2D eigenvalue weighted by atomic mass is 32.2. The van der Waals surface area contributed by atoms with E-state index in [1.54, 1.807) is 36.3 Å². The molecule has 4 rings (SSSR count). The number of nitrogens with one attached hydrogen (secondary N) is 1. The zero-order valence-corrected chi connectivity index (χ0v) is 15.5. The lowest BCUT2D eigenvalue weighted by Gasteiger charge is -2.23. The fourth-order valence-electron chi connectivity index (χ4n) is 3.56. The number of hydrogen-bond acceptors (Lipinski definition) is 4. The highest BCUT2D eigenvalue weighted by molar-refractivity contribution is 7.99. The fourth-order valence-corrected chi connectivity index (χ4v) is 4.64. The van der Waals surface area contributed by atoms with Crippen LogP contribution in [0.3, 0.4) is 0 Å². The van der Waals surface area contributed by atoms with Gasteiger partial charge in [0.1, 0.15) is 5.03 Å². The van der Waals surface area contributed by atoms with Gasteiger partial charge in [0.15, 0.2) is 0 Å². The molecule has 2 heterocycles. The maximum absolute atomic E-state index is 12.7. The van der Waals surface area contributed by atoms with Crippen molar-refractivity contribution in [3.05, 3.63) is 47.7 Å². The Labute approximate surface area is 157 Å². The van der Waals surface area contributed by atoms with Gasteiger partial charge in [0, 0.05) is 29.7 Å². The number of aromatic nitrogens is 1. The van der Waals surface area contributed by atoms with Gasteiger partial charge in [-0.15, -0.1) is 0 Å². The van der Waals surface area contributed by atoms with Crippen LogP contribution in [0.5, 0.6) is 0 Å². The minimum atomic E-state index is -0.0845. The third-order valence-corrected chi connectivity index (χ3v) is 6.10. The van der Waals surface area contributed by atoms with Crippen molar-refractivity contribution in [3.63, 3.8) is 0 Å². The van der Waals surface area contributed by atoms with Gasteiger partial charge in [-0.05, 0) is 43.2 Å². The van der Waals surface area contributed by atoms with E-state index >= 15 is 0 Å². The van der Waals surface area contributed by atoms with Gasteiger partial charge in [0.05, 0.1) is 11.3 Å². The molecule has 1 saturated carbocycles. The molecule has 0 saturated heterocycles. The number of carbonyl (C=O) groups excluding carboxylic acids is 2. The summed E-state index contributed by atoms with van der Waals surface area (Å²) in [6.07, 6.45) is 7.42. The number of benzene rings is 1. The number of hydrogen-bond donors (Lipinski definition) is 1. The first-order valence-electron chi connectivity index (χ1n) is 8.99. The number of pyridine rings is 1. The average Bonchev–Trinajstić information content (AvgIpc) is 2.77. The Hall–Kier alpha value is -2.34. The minimum absolute atomic E-state index is 0.0419. The first kappa shape index (κ1) is 17.1. The summed E-state index contributed by atoms with van der Waals surface area (Å²) >= 11 is 1.43. The lowest BCUT2D eigenvalue weighted by atomic mass is 9.95. The molecule has 0 spiro atoms. The fraction of sp³-hybridized carbons (Fsp3) is 0.350. The van der Waals surface area contributed by atoms with Crippen molar-refractivity contribution in [2.45, 2.75) is 48.1 Å². The standard InChI is InChI=1S/C20H21N3O2S/c1-23-16-10-9-13(18(24)22-14-6-3-2-4-7-14)12-17(16)26-19-15(20(23)25)8-5-11-21-19/h5,8-12,14H,2-4,6-7H2,1H3,(H,22,24). The van der Waals surface area contributed by atoms with Crippen molar-refractivity contribution < 1.29 is 9.59 Å². The molecule has 1 aliphatic heterocycles. The van der Waals surface area contributed by atoms with E-state index in [0.717, 1.165) is 23.4 Å². The summed E-state index contributed by atoms with van der Waals surface area (Å²) in [4.78, 5) is 32.2. The van der Waals surface area contributed by atoms with E-state index in [1.807, 2.05) is 12.1 Å². The second-order valence-corrected chi connectivity index (χ2v) is 7.84. The van der Waals surface area contributed by atoms with Gasteiger partial charge in [0.2, 0.25) is 0 Å². The molecular weight excluding hydrogens is 346 g/mol. The summed E-state index contributed by atoms with van der Waals surface area (Å²) in [6.45, 7) is 0. The molecule has 2 amide bonds. The summed E-state index contributed by atoms with van der Waals surface area (Å²) < 4.78 is 0. The Balaban J connectivity index is 1.63. The van der Waals surface area contributed by atoms with E-state index in [-0.39, 0.29) is 17.9 Å². The van der Waals surface area contributed by atoms with E-state index in [0.29, 0.717) is 16.2 Å². The molecule has 0 atom stereocenters. The largest absolute Gasteiger partial charge is 0.349 e. The van der Waals surface area contributed by atoms with Crippen molar-refractivity contribution in [3.8, 4) is 0 Å². The van der Waals surface area contributed by atoms with Gasteiger partial charge in [-0.25, -0.2) is 4.98 Å². The van der Waals surface area contributed by atoms with Gasteiger partial charge < -0.3 is 10.2 Å². The lowest BCUT2D eigenvalue weighted by Crippen LogP contribution is -2.36. The molecule has 5 nitrogen and oxygen atoms in total. The molecule has 1 N–H and O–H groups in total. The summed E-state index contributed by atoms with van der Waals surface area (Å²) in [7, 11) is 1.76. The molecular formula is C20H21N3O2S. The molecule has 0 bridgehead atoms. The molecule has 0 unspecified atom stereocenters. The predicted molar refractivity (Wildman–Crippen MR) is 102 cm³/mol. The van der Waals surface area contributed by atoms with Crippen LogP contribution in [-0.4, -0.2) is 29.9 Å². The van der Waals surface area contributed by atoms with Gasteiger partial charge in [-0.1, -0.05) is 31.0 Å². The van der Waals surface area contributed by atoms with Crippen LogP contribution in [0, 0.1) is 0 Å². The quantitative estimate of drug-likeness (QED) is 0.875. The zero-order chi connectivity index (χ0) is 18.1. The summed E-state index contributed by atoms with van der Waals surface area (Å²) in [5, 5.41) is 3.83. The van der Waals surface area contributed by atoms with Crippen LogP contribution in [0.15, 0.2) is 46.5 Å². The minimum Gasteiger partial charge on any atom is -0.349 e. The summed E-state index contributed by atoms with van der Waals surface area (Å²) in [5.74, 6) is -0.126. The van der Waals surface area contributed by atoms with E-state index < -0.39 is 0 Å². The van der Waals surface area contributed by atoms with Crippen LogP contribution < -0.4 is 10.2 Å². The van der Waals surface area contributed by atoms with E-state index in [2.05, 4.69) is 10.3 Å². The highest BCUT2D eigenvalue weighted by Crippen LogP contribution is 2.40. The number of nitrogens with zero attached hydrogens (tertiary/aromatic N) is 2. The maximum atomic E-state index is 12.7. The number of rotatable bonds is 2. The summed E-state index contributed by atoms with van der Waals surface area (Å²) in [6, 6.07) is 9.34. The Kier molecular flexibility index (Phi) is 4.68. The van der Waals surface area contributed by atoms with Gasteiger partial charge in [0.25, 0.3) is 11.8 Å². The number of carbonyl (C=O) groups is 2. The normalized spacial score (nSPS) is 17.3. The van der Waals surface area contributed by atoms with Crippen LogP contribution in [0.4, 0.5) is 5.69 Å². The predicted octanol–water partition coefficient (Wildman–Crippen LogP) is 3.89. The maximum Gasteiger partial charge on any atom is 0.260 e. The monoisotopic (exact) mass is 367 g/mol. The first-order chi connectivity index (χ1) is 12.6. The van der Waals surface area contributed by atoms with Crippen LogP contribution in [0.25, 0.3) is 0 Å². The molecule has 0 radical (unpaired) electrons. The van der Waals surface area contributed by atoms with Crippen molar-refractivity contribution in [1.82, 2.24) is 10.3 Å². The zero-order valence-electron chi connectivity index (χ0n) is 14.7. The number of amides is 2. The molecule has 1 aromatic heterocycles. The third-order valence-electron chi connectivity index (χ3n) is 5.04. The second kappa shape index (κ2) is 7.11. The van der Waals surface area contributed by atoms with Crippen LogP contribution >= 0.6 is 11.8 Å². The van der Waals surface area contributed by atoms with Crippen LogP contribution in [-0.2, 0) is 0 Å². The number of anilines is 1. The van der Waals surface area contributed by atoms with E-state index in [1.165, 1.54) is 31.0 Å². The van der Waals surface area contributed by atoms with Gasteiger partial charge in [-0.2, -0.15) is 0 Å². The van der Waals surface area contributed by atoms with Crippen molar-refractivity contribution in [2.24, 2.45) is 0 Å². The molecule has 1 aromatic carbocycles. The SMILES string of the molecule is CN1C(=O)c2cccnc2Sc2cc(C(=O)NC3CCCCC3)ccc21. The molecule has 26 heavy (non-hydrogen) atoms. The van der Waals surface area contributed by atoms with Gasteiger partial charge in [-0.3, -0.25) is 9.59 Å². The molecule has 2 aromatic rings. The molecule has 6 heteroatoms.